The molecule has 26 heavy (non-hydrogen) atoms. The molecule has 1 aromatic rings. The Bertz CT molecular complexity index is 729. The third kappa shape index (κ3) is 3.20. The highest BCUT2D eigenvalue weighted by atomic mass is 19.1. The minimum absolute atomic E-state index is 0.000852. The van der Waals surface area contributed by atoms with Crippen molar-refractivity contribution in [1.82, 2.24) is 9.96 Å². The number of hydrogen-bond acceptors (Lipinski definition) is 5. The van der Waals surface area contributed by atoms with Gasteiger partial charge in [0.15, 0.2) is 0 Å². The molecule has 7 heteroatoms. The van der Waals surface area contributed by atoms with Gasteiger partial charge in [-0.05, 0) is 37.0 Å². The van der Waals surface area contributed by atoms with Crippen LogP contribution < -0.4 is 0 Å². The highest BCUT2D eigenvalue weighted by Crippen LogP contribution is 2.36. The Morgan fingerprint density at radius 3 is 3.00 bits per heavy atom. The third-order valence-electron chi connectivity index (χ3n) is 5.50. The molecule has 0 bridgehead atoms. The largest absolute Gasteiger partial charge is 0.376 e. The van der Waals surface area contributed by atoms with Gasteiger partial charge in [0.25, 0.3) is 5.91 Å². The SMILES string of the molecule is N#Cc1cc(CN2C[C@H](C(=O)N3CCCCO3)[C@H]3OCC[C@H]32)ccc1F. The van der Waals surface area contributed by atoms with E-state index in [1.54, 1.807) is 12.1 Å². The first-order chi connectivity index (χ1) is 12.7. The van der Waals surface area contributed by atoms with Gasteiger partial charge in [-0.25, -0.2) is 9.45 Å². The quantitative estimate of drug-likeness (QED) is 0.824. The maximum Gasteiger partial charge on any atom is 0.253 e. The van der Waals surface area contributed by atoms with E-state index in [2.05, 4.69) is 4.90 Å². The molecule has 0 unspecified atom stereocenters. The third-order valence-corrected chi connectivity index (χ3v) is 5.50. The number of hydrogen-bond donors (Lipinski definition) is 0. The fourth-order valence-electron chi connectivity index (χ4n) is 4.21. The summed E-state index contributed by atoms with van der Waals surface area (Å²) < 4.78 is 19.4. The molecule has 3 aliphatic rings. The molecule has 0 aliphatic carbocycles. The summed E-state index contributed by atoms with van der Waals surface area (Å²) in [5.74, 6) is -0.743. The summed E-state index contributed by atoms with van der Waals surface area (Å²) in [5.41, 5.74) is 0.922. The number of nitriles is 1. The molecule has 0 aromatic heterocycles. The molecule has 1 aromatic carbocycles. The first-order valence-corrected chi connectivity index (χ1v) is 9.16. The second kappa shape index (κ2) is 7.31. The van der Waals surface area contributed by atoms with E-state index in [0.717, 1.165) is 24.8 Å². The van der Waals surface area contributed by atoms with Gasteiger partial charge in [-0.15, -0.1) is 0 Å². The lowest BCUT2D eigenvalue weighted by atomic mass is 10.0. The molecule has 6 nitrogen and oxygen atoms in total. The molecule has 0 saturated carbocycles. The zero-order chi connectivity index (χ0) is 18.1. The Labute approximate surface area is 152 Å². The molecule has 3 saturated heterocycles. The van der Waals surface area contributed by atoms with Crippen LogP contribution in [0, 0.1) is 23.1 Å². The van der Waals surface area contributed by atoms with Crippen LogP contribution in [0.15, 0.2) is 18.2 Å². The lowest BCUT2D eigenvalue weighted by molar-refractivity contribution is -0.203. The fraction of sp³-hybridized carbons (Fsp3) is 0.579. The molecule has 1 amide bonds. The number of rotatable bonds is 3. The normalized spacial score (nSPS) is 28.8. The molecule has 3 heterocycles. The second-order valence-corrected chi connectivity index (χ2v) is 7.13. The van der Waals surface area contributed by atoms with Crippen molar-refractivity contribution in [2.45, 2.75) is 38.0 Å². The predicted molar refractivity (Wildman–Crippen MR) is 90.1 cm³/mol. The number of carbonyl (C=O) groups excluding carboxylic acids is 1. The van der Waals surface area contributed by atoms with Gasteiger partial charge >= 0.3 is 0 Å². The van der Waals surface area contributed by atoms with E-state index >= 15 is 0 Å². The molecule has 4 rings (SSSR count). The maximum absolute atomic E-state index is 13.6. The molecule has 3 fully saturated rings. The predicted octanol–water partition coefficient (Wildman–Crippen LogP) is 1.84. The molecular formula is C19H22FN3O3. The average Bonchev–Trinajstić information content (AvgIpc) is 3.27. The maximum atomic E-state index is 13.6. The van der Waals surface area contributed by atoms with Crippen molar-refractivity contribution < 1.29 is 18.8 Å². The Balaban J connectivity index is 1.49. The van der Waals surface area contributed by atoms with Gasteiger partial charge in [0.05, 0.1) is 24.2 Å². The van der Waals surface area contributed by atoms with Crippen LogP contribution in [0.1, 0.15) is 30.4 Å². The minimum Gasteiger partial charge on any atom is -0.376 e. The van der Waals surface area contributed by atoms with Crippen LogP contribution >= 0.6 is 0 Å². The van der Waals surface area contributed by atoms with Crippen LogP contribution in [-0.4, -0.2) is 54.3 Å². The van der Waals surface area contributed by atoms with Gasteiger partial charge < -0.3 is 4.74 Å². The smallest absolute Gasteiger partial charge is 0.253 e. The van der Waals surface area contributed by atoms with Crippen LogP contribution in [0.25, 0.3) is 0 Å². The summed E-state index contributed by atoms with van der Waals surface area (Å²) in [7, 11) is 0. The molecule has 0 N–H and O–H groups in total. The van der Waals surface area contributed by atoms with Crippen LogP contribution in [0.2, 0.25) is 0 Å². The van der Waals surface area contributed by atoms with Crippen molar-refractivity contribution in [2.75, 3.05) is 26.3 Å². The number of likely N-dealkylation sites (tertiary alicyclic amines) is 1. The summed E-state index contributed by atoms with van der Waals surface area (Å²) >= 11 is 0. The Morgan fingerprint density at radius 1 is 1.35 bits per heavy atom. The second-order valence-electron chi connectivity index (χ2n) is 7.13. The number of fused-ring (bicyclic) bond motifs is 1. The number of carbonyl (C=O) groups is 1. The number of benzene rings is 1. The minimum atomic E-state index is -0.505. The Morgan fingerprint density at radius 2 is 2.23 bits per heavy atom. The fourth-order valence-corrected chi connectivity index (χ4v) is 4.21. The van der Waals surface area contributed by atoms with Crippen molar-refractivity contribution >= 4 is 5.91 Å². The summed E-state index contributed by atoms with van der Waals surface area (Å²) in [6.45, 7) is 3.03. The number of hydroxylamine groups is 2. The van der Waals surface area contributed by atoms with Crippen molar-refractivity contribution in [1.29, 1.82) is 5.26 Å². The molecule has 0 radical (unpaired) electrons. The Hall–Kier alpha value is -2.01. The highest BCUT2D eigenvalue weighted by Gasteiger charge is 2.49. The zero-order valence-corrected chi connectivity index (χ0v) is 14.6. The summed E-state index contributed by atoms with van der Waals surface area (Å²) in [5, 5.41) is 10.5. The molecule has 3 aliphatic heterocycles. The number of halogens is 1. The molecular weight excluding hydrogens is 337 g/mol. The topological polar surface area (TPSA) is 65.8 Å². The van der Waals surface area contributed by atoms with Gasteiger partial charge in [-0.1, -0.05) is 6.07 Å². The lowest BCUT2D eigenvalue weighted by Gasteiger charge is -2.29. The van der Waals surface area contributed by atoms with E-state index in [4.69, 9.17) is 14.8 Å². The van der Waals surface area contributed by atoms with E-state index in [9.17, 15) is 9.18 Å². The van der Waals surface area contributed by atoms with Crippen molar-refractivity contribution in [2.24, 2.45) is 5.92 Å². The Kier molecular flexibility index (Phi) is 4.90. The highest BCUT2D eigenvalue weighted by molar-refractivity contribution is 5.79. The van der Waals surface area contributed by atoms with Crippen molar-refractivity contribution in [3.63, 3.8) is 0 Å². The number of amides is 1. The standard InChI is InChI=1S/C19H22FN3O3/c20-16-4-3-13(9-14(16)10-21)11-22-12-15(18-17(22)5-8-25-18)19(24)23-6-1-2-7-26-23/h3-4,9,15,17-18H,1-2,5-8,11-12H2/t15-,17+,18+/m0/s1. The van der Waals surface area contributed by atoms with Crippen molar-refractivity contribution in [3.8, 4) is 6.07 Å². The lowest BCUT2D eigenvalue weighted by Crippen LogP contribution is -2.43. The van der Waals surface area contributed by atoms with Crippen LogP contribution in [0.3, 0.4) is 0 Å². The molecule has 3 atom stereocenters. The van der Waals surface area contributed by atoms with Crippen LogP contribution in [0.4, 0.5) is 4.39 Å². The van der Waals surface area contributed by atoms with Gasteiger partial charge in [0.1, 0.15) is 11.9 Å². The van der Waals surface area contributed by atoms with E-state index in [0.29, 0.717) is 32.8 Å². The molecule has 138 valence electrons. The zero-order valence-electron chi connectivity index (χ0n) is 14.6. The van der Waals surface area contributed by atoms with Crippen LogP contribution in [0.5, 0.6) is 0 Å². The van der Waals surface area contributed by atoms with E-state index in [1.807, 2.05) is 6.07 Å². The monoisotopic (exact) mass is 359 g/mol. The average molecular weight is 359 g/mol. The summed E-state index contributed by atoms with van der Waals surface area (Å²) in [6.07, 6.45) is 2.70. The number of ether oxygens (including phenoxy) is 1. The summed E-state index contributed by atoms with van der Waals surface area (Å²) in [4.78, 5) is 20.6. The number of nitrogens with zero attached hydrogens (tertiary/aromatic N) is 3. The first kappa shape index (κ1) is 17.4. The molecule has 0 spiro atoms. The van der Waals surface area contributed by atoms with Gasteiger partial charge in [-0.2, -0.15) is 5.26 Å². The van der Waals surface area contributed by atoms with Crippen LogP contribution in [-0.2, 0) is 20.9 Å². The van der Waals surface area contributed by atoms with E-state index in [1.165, 1.54) is 11.1 Å². The summed E-state index contributed by atoms with van der Waals surface area (Å²) in [6, 6.07) is 6.67. The first-order valence-electron chi connectivity index (χ1n) is 9.16. The van der Waals surface area contributed by atoms with E-state index in [-0.39, 0.29) is 29.5 Å². The van der Waals surface area contributed by atoms with E-state index < -0.39 is 5.82 Å². The van der Waals surface area contributed by atoms with Crippen molar-refractivity contribution in [3.05, 3.63) is 35.1 Å². The van der Waals surface area contributed by atoms with Gasteiger partial charge in [-0.3, -0.25) is 14.5 Å². The van der Waals surface area contributed by atoms with Gasteiger partial charge in [0.2, 0.25) is 0 Å². The van der Waals surface area contributed by atoms with Gasteiger partial charge in [0, 0.05) is 32.3 Å².